The predicted octanol–water partition coefficient (Wildman–Crippen LogP) is 2.74. The van der Waals surface area contributed by atoms with E-state index in [4.69, 9.17) is 4.74 Å². The highest BCUT2D eigenvalue weighted by Gasteiger charge is 2.42. The number of fused-ring (bicyclic) bond motifs is 1. The van der Waals surface area contributed by atoms with Gasteiger partial charge in [0.1, 0.15) is 6.33 Å². The summed E-state index contributed by atoms with van der Waals surface area (Å²) in [5.74, 6) is 1.73. The topological polar surface area (TPSA) is 68.5 Å². The van der Waals surface area contributed by atoms with E-state index in [1.165, 1.54) is 25.7 Å². The van der Waals surface area contributed by atoms with Crippen molar-refractivity contribution < 1.29 is 9.53 Å². The minimum absolute atomic E-state index is 0.0358. The summed E-state index contributed by atoms with van der Waals surface area (Å²) in [7, 11) is 0. The second-order valence-corrected chi connectivity index (χ2v) is 7.36. The van der Waals surface area contributed by atoms with E-state index in [2.05, 4.69) is 15.3 Å². The number of carbonyl (C=O) groups excluding carboxylic acids is 1. The third-order valence-corrected chi connectivity index (χ3v) is 4.80. The first-order chi connectivity index (χ1) is 11.5. The van der Waals surface area contributed by atoms with Gasteiger partial charge in [0, 0.05) is 17.8 Å². The Morgan fingerprint density at radius 1 is 1.29 bits per heavy atom. The Hall–Kier alpha value is -2.11. The second kappa shape index (κ2) is 5.76. The molecular weight excluding hydrogens is 304 g/mol. The second-order valence-electron chi connectivity index (χ2n) is 7.36. The highest BCUT2D eigenvalue weighted by molar-refractivity contribution is 5.98. The van der Waals surface area contributed by atoms with Gasteiger partial charge in [-0.2, -0.15) is 4.98 Å². The molecule has 2 aliphatic rings. The molecule has 6 heteroatoms. The number of aryl methyl sites for hydroxylation is 1. The number of aromatic nitrogens is 3. The number of carbonyl (C=O) groups is 1. The highest BCUT2D eigenvalue weighted by Crippen LogP contribution is 2.44. The molecule has 0 aromatic carbocycles. The number of amides is 1. The van der Waals surface area contributed by atoms with E-state index in [-0.39, 0.29) is 12.0 Å². The van der Waals surface area contributed by atoms with Crippen molar-refractivity contribution in [1.82, 2.24) is 19.7 Å². The monoisotopic (exact) mass is 328 g/mol. The smallest absolute Gasteiger partial charge is 0.274 e. The van der Waals surface area contributed by atoms with Crippen molar-refractivity contribution in [2.24, 2.45) is 11.8 Å². The van der Waals surface area contributed by atoms with Gasteiger partial charge in [0.05, 0.1) is 6.10 Å². The summed E-state index contributed by atoms with van der Waals surface area (Å²) in [5.41, 5.74) is 1.90. The van der Waals surface area contributed by atoms with Crippen LogP contribution in [0.15, 0.2) is 12.4 Å². The average molecular weight is 328 g/mol. The van der Waals surface area contributed by atoms with Crippen LogP contribution in [-0.4, -0.2) is 32.4 Å². The molecule has 1 N–H and O–H groups in total. The van der Waals surface area contributed by atoms with Gasteiger partial charge in [0.15, 0.2) is 11.3 Å². The third kappa shape index (κ3) is 2.97. The zero-order valence-electron chi connectivity index (χ0n) is 14.5. The highest BCUT2D eigenvalue weighted by atomic mass is 16.5. The molecule has 0 saturated heterocycles. The van der Waals surface area contributed by atoms with Crippen molar-refractivity contribution in [2.75, 3.05) is 0 Å². The molecule has 0 bridgehead atoms. The van der Waals surface area contributed by atoms with Crippen LogP contribution in [0, 0.1) is 18.8 Å². The van der Waals surface area contributed by atoms with E-state index in [0.717, 1.165) is 5.69 Å². The minimum Gasteiger partial charge on any atom is -0.475 e. The van der Waals surface area contributed by atoms with Crippen LogP contribution in [0.4, 0.5) is 0 Å². The summed E-state index contributed by atoms with van der Waals surface area (Å²) in [6.07, 6.45) is 6.62. The van der Waals surface area contributed by atoms with Crippen LogP contribution >= 0.6 is 0 Å². The molecule has 4 rings (SSSR count). The Labute approximate surface area is 141 Å². The van der Waals surface area contributed by atoms with Crippen LogP contribution in [0.3, 0.4) is 0 Å². The van der Waals surface area contributed by atoms with Crippen LogP contribution in [-0.2, 0) is 0 Å². The predicted molar refractivity (Wildman–Crippen MR) is 90.2 cm³/mol. The van der Waals surface area contributed by atoms with Crippen LogP contribution in [0.25, 0.3) is 5.65 Å². The van der Waals surface area contributed by atoms with Gasteiger partial charge in [-0.25, -0.2) is 4.98 Å². The maximum atomic E-state index is 12.8. The van der Waals surface area contributed by atoms with E-state index in [1.807, 2.05) is 31.2 Å². The Morgan fingerprint density at radius 2 is 1.96 bits per heavy atom. The fourth-order valence-corrected chi connectivity index (χ4v) is 3.30. The molecule has 2 fully saturated rings. The summed E-state index contributed by atoms with van der Waals surface area (Å²) in [6.45, 7) is 5.88. The van der Waals surface area contributed by atoms with Crippen LogP contribution in [0.2, 0.25) is 0 Å². The van der Waals surface area contributed by atoms with Crippen LogP contribution in [0.1, 0.15) is 55.7 Å². The van der Waals surface area contributed by atoms with Crippen LogP contribution in [0.5, 0.6) is 5.88 Å². The summed E-state index contributed by atoms with van der Waals surface area (Å²) in [6, 6.07) is 2.18. The molecule has 2 aliphatic carbocycles. The van der Waals surface area contributed by atoms with Gasteiger partial charge in [-0.05, 0) is 58.3 Å². The van der Waals surface area contributed by atoms with Gasteiger partial charge in [-0.1, -0.05) is 0 Å². The number of ether oxygens (including phenoxy) is 1. The van der Waals surface area contributed by atoms with Crippen molar-refractivity contribution in [3.63, 3.8) is 0 Å². The first kappa shape index (κ1) is 15.4. The molecule has 2 aromatic rings. The molecule has 24 heavy (non-hydrogen) atoms. The molecule has 2 aromatic heterocycles. The number of rotatable bonds is 6. The zero-order chi connectivity index (χ0) is 16.8. The number of hydrogen-bond acceptors (Lipinski definition) is 4. The minimum atomic E-state index is -0.116. The Morgan fingerprint density at radius 3 is 2.54 bits per heavy atom. The van der Waals surface area contributed by atoms with E-state index < -0.39 is 0 Å². The number of nitrogens with zero attached hydrogens (tertiary/aromatic N) is 3. The van der Waals surface area contributed by atoms with E-state index in [0.29, 0.717) is 35.1 Å². The molecule has 0 spiro atoms. The molecule has 0 unspecified atom stereocenters. The summed E-state index contributed by atoms with van der Waals surface area (Å²) < 4.78 is 7.54. The van der Waals surface area contributed by atoms with Gasteiger partial charge < -0.3 is 10.1 Å². The molecule has 0 atom stereocenters. The molecule has 128 valence electrons. The maximum Gasteiger partial charge on any atom is 0.274 e. The van der Waals surface area contributed by atoms with Crippen molar-refractivity contribution in [2.45, 2.75) is 58.6 Å². The van der Waals surface area contributed by atoms with E-state index in [1.54, 1.807) is 6.33 Å². The fourth-order valence-electron chi connectivity index (χ4n) is 3.30. The molecule has 1 amide bonds. The summed E-state index contributed by atoms with van der Waals surface area (Å²) >= 11 is 0. The Bertz CT molecular complexity index is 763. The largest absolute Gasteiger partial charge is 0.475 e. The molecule has 0 aliphatic heterocycles. The van der Waals surface area contributed by atoms with Crippen LogP contribution < -0.4 is 10.1 Å². The molecule has 0 radical (unpaired) electrons. The van der Waals surface area contributed by atoms with E-state index in [9.17, 15) is 4.79 Å². The average Bonchev–Trinajstić information content (AvgIpc) is 3.41. The Balaban J connectivity index is 1.62. The van der Waals surface area contributed by atoms with Crippen molar-refractivity contribution in [1.29, 1.82) is 0 Å². The standard InChI is InChI=1S/C18H24N4O2/c1-10(2)24-14-8-11(3)22-9-19-16(17(22)20-14)18(23)21-15(12-4-5-12)13-6-7-13/h8-10,12-13,15H,4-7H2,1-3H3,(H,21,23). The normalized spacial score (nSPS) is 17.7. The molecule has 2 saturated carbocycles. The number of nitrogens with one attached hydrogen (secondary N) is 1. The summed E-state index contributed by atoms with van der Waals surface area (Å²) in [5, 5.41) is 3.22. The summed E-state index contributed by atoms with van der Waals surface area (Å²) in [4.78, 5) is 21.6. The van der Waals surface area contributed by atoms with Gasteiger partial charge >= 0.3 is 0 Å². The van der Waals surface area contributed by atoms with Gasteiger partial charge in [0.25, 0.3) is 5.91 Å². The fraction of sp³-hybridized carbons (Fsp3) is 0.611. The lowest BCUT2D eigenvalue weighted by atomic mass is 10.1. The van der Waals surface area contributed by atoms with Gasteiger partial charge in [-0.3, -0.25) is 9.20 Å². The first-order valence-corrected chi connectivity index (χ1v) is 8.85. The first-order valence-electron chi connectivity index (χ1n) is 8.85. The van der Waals surface area contributed by atoms with Gasteiger partial charge in [-0.15, -0.1) is 0 Å². The van der Waals surface area contributed by atoms with Crippen molar-refractivity contribution in [3.05, 3.63) is 23.8 Å². The lowest BCUT2D eigenvalue weighted by Crippen LogP contribution is -2.38. The van der Waals surface area contributed by atoms with Gasteiger partial charge in [0.2, 0.25) is 5.88 Å². The lowest BCUT2D eigenvalue weighted by molar-refractivity contribution is 0.0923. The SMILES string of the molecule is Cc1cc(OC(C)C)nc2c(C(=O)NC(C3CC3)C3CC3)ncn12. The zero-order valence-corrected chi connectivity index (χ0v) is 14.5. The van der Waals surface area contributed by atoms with Crippen molar-refractivity contribution >= 4 is 11.6 Å². The third-order valence-electron chi connectivity index (χ3n) is 4.80. The number of imidazole rings is 1. The molecular formula is C18H24N4O2. The van der Waals surface area contributed by atoms with Crippen molar-refractivity contribution in [3.8, 4) is 5.88 Å². The maximum absolute atomic E-state index is 12.8. The molecule has 2 heterocycles. The molecule has 6 nitrogen and oxygen atoms in total. The Kier molecular flexibility index (Phi) is 3.70. The lowest BCUT2D eigenvalue weighted by Gasteiger charge is -2.17. The van der Waals surface area contributed by atoms with E-state index >= 15 is 0 Å². The number of hydrogen-bond donors (Lipinski definition) is 1. The quantitative estimate of drug-likeness (QED) is 0.885.